The second-order valence-corrected chi connectivity index (χ2v) is 7.55. The average Bonchev–Trinajstić information content (AvgIpc) is 2.66. The third-order valence-corrected chi connectivity index (χ3v) is 5.01. The summed E-state index contributed by atoms with van der Waals surface area (Å²) >= 11 is 0. The monoisotopic (exact) mass is 387 g/mol. The number of nitrogens with two attached hydrogens (primary N) is 1. The van der Waals surface area contributed by atoms with Crippen LogP contribution in [0.3, 0.4) is 0 Å². The van der Waals surface area contributed by atoms with Crippen LogP contribution in [0.2, 0.25) is 0 Å². The van der Waals surface area contributed by atoms with Gasteiger partial charge in [0.2, 0.25) is 0 Å². The van der Waals surface area contributed by atoms with Gasteiger partial charge in [0.05, 0.1) is 11.4 Å². The van der Waals surface area contributed by atoms with Gasteiger partial charge in [-0.2, -0.15) is 0 Å². The molecular formula is C21H25NO4S. The molecule has 0 bridgehead atoms. The van der Waals surface area contributed by atoms with Gasteiger partial charge < -0.3 is 15.0 Å². The molecule has 0 aliphatic carbocycles. The molecule has 0 radical (unpaired) electrons. The molecule has 0 atom stereocenters. The molecule has 0 aromatic heterocycles. The minimum absolute atomic E-state index is 0.0435. The number of fused-ring (bicyclic) bond motifs is 1. The van der Waals surface area contributed by atoms with Crippen molar-refractivity contribution in [2.75, 3.05) is 6.54 Å². The van der Waals surface area contributed by atoms with E-state index in [9.17, 15) is 18.1 Å². The molecule has 0 heterocycles. The summed E-state index contributed by atoms with van der Waals surface area (Å²) in [5.41, 5.74) is 1.42. The Morgan fingerprint density at radius 2 is 1.56 bits per heavy atom. The highest BCUT2D eigenvalue weighted by atomic mass is 32.2. The minimum atomic E-state index is -4.51. The van der Waals surface area contributed by atoms with Crippen LogP contribution in [0, 0.1) is 0 Å². The van der Waals surface area contributed by atoms with E-state index in [1.165, 1.54) is 37.1 Å². The second kappa shape index (κ2) is 10.1. The summed E-state index contributed by atoms with van der Waals surface area (Å²) in [5, 5.41) is 12.4. The van der Waals surface area contributed by atoms with Crippen molar-refractivity contribution in [2.24, 2.45) is 0 Å². The molecular weight excluding hydrogens is 362 g/mol. The van der Waals surface area contributed by atoms with Crippen LogP contribution in [0.25, 0.3) is 10.8 Å². The van der Waals surface area contributed by atoms with Gasteiger partial charge in [0.15, 0.2) is 0 Å². The number of aromatic hydroxyl groups is 1. The van der Waals surface area contributed by atoms with Crippen molar-refractivity contribution in [3.8, 4) is 5.75 Å². The summed E-state index contributed by atoms with van der Waals surface area (Å²) in [4.78, 5) is -0.309. The molecule has 3 rings (SSSR count). The van der Waals surface area contributed by atoms with Crippen molar-refractivity contribution < 1.29 is 23.4 Å². The third kappa shape index (κ3) is 6.36. The largest absolute Gasteiger partial charge is 0.744 e. The molecule has 27 heavy (non-hydrogen) atoms. The molecule has 0 spiro atoms. The van der Waals surface area contributed by atoms with E-state index in [1.807, 2.05) is 0 Å². The average molecular weight is 388 g/mol. The summed E-state index contributed by atoms with van der Waals surface area (Å²) in [6.07, 6.45) is 2.62. The number of unbranched alkanes of at least 4 members (excludes halogenated alkanes) is 1. The Hall–Kier alpha value is -2.41. The predicted octanol–water partition coefficient (Wildman–Crippen LogP) is 3.00. The number of hydrogen-bond acceptors (Lipinski definition) is 4. The van der Waals surface area contributed by atoms with Gasteiger partial charge in [0.25, 0.3) is 0 Å². The molecule has 6 heteroatoms. The quantitative estimate of drug-likeness (QED) is 0.502. The molecule has 0 fully saturated rings. The van der Waals surface area contributed by atoms with Crippen LogP contribution in [0.4, 0.5) is 0 Å². The van der Waals surface area contributed by atoms with Crippen LogP contribution >= 0.6 is 0 Å². The van der Waals surface area contributed by atoms with E-state index in [0.29, 0.717) is 5.39 Å². The van der Waals surface area contributed by atoms with Crippen molar-refractivity contribution >= 4 is 20.9 Å². The zero-order valence-electron chi connectivity index (χ0n) is 15.3. The Bertz CT molecular complexity index is 956. The van der Waals surface area contributed by atoms with Gasteiger partial charge >= 0.3 is 0 Å². The van der Waals surface area contributed by atoms with Crippen molar-refractivity contribution in [2.45, 2.75) is 31.2 Å². The molecule has 3 N–H and O–H groups in total. The minimum Gasteiger partial charge on any atom is -0.744 e. The number of phenolic OH excluding ortho intramolecular Hbond substituents is 1. The molecule has 144 valence electrons. The molecule has 0 amide bonds. The lowest BCUT2D eigenvalue weighted by Crippen LogP contribution is -2.82. The lowest BCUT2D eigenvalue weighted by molar-refractivity contribution is -0.670. The highest BCUT2D eigenvalue weighted by molar-refractivity contribution is 7.86. The number of benzene rings is 3. The topological polar surface area (TPSA) is 94.0 Å². The molecule has 0 saturated heterocycles. The Balaban J connectivity index is 0.000000199. The lowest BCUT2D eigenvalue weighted by atomic mass is 10.1. The Morgan fingerprint density at radius 3 is 2.19 bits per heavy atom. The highest BCUT2D eigenvalue weighted by Crippen LogP contribution is 2.29. The first-order chi connectivity index (χ1) is 12.9. The van der Waals surface area contributed by atoms with E-state index in [4.69, 9.17) is 0 Å². The SMILES string of the molecule is CCCC[NH2+]Cc1ccccc1.O=S(=O)([O-])c1ccc(O)c2ccccc12. The van der Waals surface area contributed by atoms with E-state index < -0.39 is 10.1 Å². The van der Waals surface area contributed by atoms with Crippen molar-refractivity contribution in [1.82, 2.24) is 0 Å². The maximum absolute atomic E-state index is 10.9. The zero-order chi connectivity index (χ0) is 19.7. The lowest BCUT2D eigenvalue weighted by Gasteiger charge is -2.11. The highest BCUT2D eigenvalue weighted by Gasteiger charge is 2.09. The molecule has 3 aromatic rings. The van der Waals surface area contributed by atoms with Gasteiger partial charge in [-0.05, 0) is 18.6 Å². The van der Waals surface area contributed by atoms with Gasteiger partial charge in [-0.25, -0.2) is 8.42 Å². The van der Waals surface area contributed by atoms with Crippen molar-refractivity contribution in [3.05, 3.63) is 72.3 Å². The molecule has 0 unspecified atom stereocenters. The normalized spacial score (nSPS) is 11.0. The summed E-state index contributed by atoms with van der Waals surface area (Å²) < 4.78 is 32.8. The number of phenols is 1. The fourth-order valence-corrected chi connectivity index (χ4v) is 3.39. The van der Waals surface area contributed by atoms with Crippen LogP contribution in [0.5, 0.6) is 5.75 Å². The summed E-state index contributed by atoms with van der Waals surface area (Å²) in [6, 6.07) is 19.2. The summed E-state index contributed by atoms with van der Waals surface area (Å²) in [6.45, 7) is 4.61. The van der Waals surface area contributed by atoms with Crippen LogP contribution < -0.4 is 5.32 Å². The van der Waals surface area contributed by atoms with Crippen molar-refractivity contribution in [1.29, 1.82) is 0 Å². The fourth-order valence-electron chi connectivity index (χ4n) is 2.70. The van der Waals surface area contributed by atoms with E-state index in [2.05, 4.69) is 42.6 Å². The second-order valence-electron chi connectivity index (χ2n) is 6.20. The Kier molecular flexibility index (Phi) is 7.79. The Labute approximate surface area is 160 Å². The molecule has 3 aromatic carbocycles. The number of quaternary nitrogens is 1. The molecule has 0 aliphatic rings. The smallest absolute Gasteiger partial charge is 0.125 e. The fraction of sp³-hybridized carbons (Fsp3) is 0.238. The van der Waals surface area contributed by atoms with E-state index in [-0.39, 0.29) is 16.0 Å². The van der Waals surface area contributed by atoms with Crippen LogP contribution in [-0.2, 0) is 16.7 Å². The van der Waals surface area contributed by atoms with Gasteiger partial charge in [0.1, 0.15) is 22.4 Å². The number of hydrogen-bond donors (Lipinski definition) is 2. The molecule has 0 saturated carbocycles. The van der Waals surface area contributed by atoms with Gasteiger partial charge in [-0.1, -0.05) is 67.9 Å². The zero-order valence-corrected chi connectivity index (χ0v) is 16.2. The first-order valence-corrected chi connectivity index (χ1v) is 10.4. The third-order valence-electron chi connectivity index (χ3n) is 4.12. The van der Waals surface area contributed by atoms with Crippen LogP contribution in [0.15, 0.2) is 71.6 Å². The standard InChI is InChI=1S/C11H17N.C10H8O4S/c1-2-3-9-12-10-11-7-5-4-6-8-11;11-9-5-6-10(15(12,13)14)8-4-2-1-3-7(8)9/h4-8,12H,2-3,9-10H2,1H3;1-6,11H,(H,12,13,14). The summed E-state index contributed by atoms with van der Waals surface area (Å²) in [7, 11) is -4.51. The van der Waals surface area contributed by atoms with Gasteiger partial charge in [-0.3, -0.25) is 0 Å². The molecule has 0 aliphatic heterocycles. The van der Waals surface area contributed by atoms with Crippen molar-refractivity contribution in [3.63, 3.8) is 0 Å². The Morgan fingerprint density at radius 1 is 0.926 bits per heavy atom. The van der Waals surface area contributed by atoms with Crippen LogP contribution in [0.1, 0.15) is 25.3 Å². The van der Waals surface area contributed by atoms with E-state index in [0.717, 1.165) is 12.6 Å². The van der Waals surface area contributed by atoms with Gasteiger partial charge in [0, 0.05) is 16.3 Å². The first kappa shape index (κ1) is 20.9. The van der Waals surface area contributed by atoms with Gasteiger partial charge in [-0.15, -0.1) is 0 Å². The first-order valence-electron chi connectivity index (χ1n) is 8.95. The maximum Gasteiger partial charge on any atom is 0.125 e. The van der Waals surface area contributed by atoms with Crippen LogP contribution in [-0.4, -0.2) is 24.6 Å². The van der Waals surface area contributed by atoms with E-state index in [1.54, 1.807) is 18.2 Å². The number of rotatable bonds is 6. The van der Waals surface area contributed by atoms with E-state index >= 15 is 0 Å². The predicted molar refractivity (Wildman–Crippen MR) is 105 cm³/mol. The summed E-state index contributed by atoms with van der Waals surface area (Å²) in [5.74, 6) is -0.0435. The maximum atomic E-state index is 10.9. The molecule has 5 nitrogen and oxygen atoms in total.